The number of benzene rings is 1. The molecule has 1 aliphatic rings. The normalized spacial score (nSPS) is 15.1. The molecule has 30 heavy (non-hydrogen) atoms. The Morgan fingerprint density at radius 1 is 1.33 bits per heavy atom. The highest BCUT2D eigenvalue weighted by atomic mass is 79.9. The van der Waals surface area contributed by atoms with Crippen molar-refractivity contribution in [3.63, 3.8) is 0 Å². The Morgan fingerprint density at radius 2 is 2.13 bits per heavy atom. The molecule has 1 aliphatic heterocycles. The Kier molecular flexibility index (Phi) is 5.60. The zero-order valence-electron chi connectivity index (χ0n) is 16.7. The molecule has 10 heteroatoms. The lowest BCUT2D eigenvalue weighted by Gasteiger charge is -2.39. The first-order chi connectivity index (χ1) is 14.4. The molecule has 1 aromatic carbocycles. The highest BCUT2D eigenvalue weighted by molar-refractivity contribution is 9.10. The van der Waals surface area contributed by atoms with Crippen LogP contribution in [0.2, 0.25) is 0 Å². The number of aliphatic hydroxyl groups is 1. The highest BCUT2D eigenvalue weighted by Crippen LogP contribution is 2.30. The fraction of sp³-hybridized carbons (Fsp3) is 0.400. The van der Waals surface area contributed by atoms with Crippen molar-refractivity contribution in [2.24, 2.45) is 5.41 Å². The number of rotatable bonds is 7. The van der Waals surface area contributed by atoms with Crippen LogP contribution in [0.15, 0.2) is 29.0 Å². The van der Waals surface area contributed by atoms with Crippen LogP contribution < -0.4 is 10.6 Å². The second kappa shape index (κ2) is 8.18. The lowest BCUT2D eigenvalue weighted by molar-refractivity contribution is -0.128. The van der Waals surface area contributed by atoms with Crippen LogP contribution in [0, 0.1) is 16.7 Å². The van der Waals surface area contributed by atoms with E-state index in [4.69, 9.17) is 4.74 Å². The molecular formula is C20H22BrN7O2. The van der Waals surface area contributed by atoms with Crippen LogP contribution >= 0.6 is 15.9 Å². The topological polar surface area (TPSA) is 121 Å². The number of aliphatic hydroxyl groups excluding tert-OH is 1. The molecule has 3 N–H and O–H groups in total. The summed E-state index contributed by atoms with van der Waals surface area (Å²) in [6.45, 7) is 5.66. The molecule has 9 nitrogen and oxygen atoms in total. The van der Waals surface area contributed by atoms with E-state index in [1.807, 2.05) is 10.6 Å². The van der Waals surface area contributed by atoms with Crippen LogP contribution in [0.4, 0.5) is 17.5 Å². The van der Waals surface area contributed by atoms with Crippen LogP contribution in [-0.4, -0.2) is 51.0 Å². The van der Waals surface area contributed by atoms with Crippen LogP contribution in [0.5, 0.6) is 0 Å². The second-order valence-electron chi connectivity index (χ2n) is 7.78. The number of aromatic nitrogens is 4. The number of hydrogen-bond acceptors (Lipinski definition) is 8. The van der Waals surface area contributed by atoms with E-state index in [2.05, 4.69) is 61.4 Å². The van der Waals surface area contributed by atoms with Crippen molar-refractivity contribution in [2.45, 2.75) is 19.9 Å². The van der Waals surface area contributed by atoms with Gasteiger partial charge in [-0.15, -0.1) is 0 Å². The third kappa shape index (κ3) is 3.96. The van der Waals surface area contributed by atoms with Gasteiger partial charge in [-0.05, 0) is 32.0 Å². The first-order valence-electron chi connectivity index (χ1n) is 9.58. The second-order valence-corrected chi connectivity index (χ2v) is 8.70. The number of hydrogen-bond donors (Lipinski definition) is 3. The lowest BCUT2D eigenvalue weighted by Crippen LogP contribution is -2.50. The third-order valence-corrected chi connectivity index (χ3v) is 5.50. The van der Waals surface area contributed by atoms with Crippen molar-refractivity contribution in [1.82, 2.24) is 19.5 Å². The zero-order chi connectivity index (χ0) is 21.3. The summed E-state index contributed by atoms with van der Waals surface area (Å²) in [7, 11) is 0. The van der Waals surface area contributed by atoms with Crippen molar-refractivity contribution >= 4 is 44.5 Å². The minimum atomic E-state index is -0.309. The molecule has 3 aromatic rings. The van der Waals surface area contributed by atoms with Crippen LogP contribution in [0.1, 0.15) is 25.5 Å². The molecule has 0 radical (unpaired) electrons. The van der Waals surface area contributed by atoms with Crippen LogP contribution in [0.25, 0.3) is 11.2 Å². The molecule has 1 saturated heterocycles. The standard InChI is InChI=1S/C20H22BrN7O2/c1-12(2)28-11-24-16-17(25-15-4-13(6-22)3-14(21)5-15)26-19(27-18(16)28)23-7-20(8-29)9-30-10-20/h3-5,11-12,29H,7-10H2,1-2H3,(H2,23,25,26,27). The average molecular weight is 472 g/mol. The summed E-state index contributed by atoms with van der Waals surface area (Å²) >= 11 is 3.43. The Hall–Kier alpha value is -2.74. The smallest absolute Gasteiger partial charge is 0.226 e. The van der Waals surface area contributed by atoms with E-state index in [0.29, 0.717) is 53.9 Å². The van der Waals surface area contributed by atoms with Gasteiger partial charge in [0.25, 0.3) is 0 Å². The summed E-state index contributed by atoms with van der Waals surface area (Å²) in [5.41, 5.74) is 2.26. The van der Waals surface area contributed by atoms with Crippen molar-refractivity contribution in [2.75, 3.05) is 37.0 Å². The number of nitrogens with one attached hydrogen (secondary N) is 2. The van der Waals surface area contributed by atoms with Gasteiger partial charge in [-0.25, -0.2) is 4.98 Å². The predicted octanol–water partition coefficient (Wildman–Crippen LogP) is 3.21. The summed E-state index contributed by atoms with van der Waals surface area (Å²) in [5.74, 6) is 0.967. The lowest BCUT2D eigenvalue weighted by atomic mass is 9.87. The Labute approximate surface area is 182 Å². The van der Waals surface area contributed by atoms with Crippen molar-refractivity contribution in [3.8, 4) is 6.07 Å². The summed E-state index contributed by atoms with van der Waals surface area (Å²) in [4.78, 5) is 13.8. The van der Waals surface area contributed by atoms with Gasteiger partial charge in [-0.2, -0.15) is 15.2 Å². The Balaban J connectivity index is 1.72. The van der Waals surface area contributed by atoms with E-state index in [1.54, 1.807) is 18.5 Å². The van der Waals surface area contributed by atoms with Gasteiger partial charge in [-0.1, -0.05) is 15.9 Å². The maximum absolute atomic E-state index is 9.68. The molecule has 3 heterocycles. The van der Waals surface area contributed by atoms with Crippen molar-refractivity contribution in [3.05, 3.63) is 34.6 Å². The van der Waals surface area contributed by atoms with Crippen LogP contribution in [-0.2, 0) is 4.74 Å². The minimum absolute atomic E-state index is 0.0340. The fourth-order valence-corrected chi connectivity index (χ4v) is 3.72. The quantitative estimate of drug-likeness (QED) is 0.480. The molecule has 0 aliphatic carbocycles. The highest BCUT2D eigenvalue weighted by Gasteiger charge is 2.38. The number of halogens is 1. The number of nitriles is 1. The summed E-state index contributed by atoms with van der Waals surface area (Å²) in [6.07, 6.45) is 1.75. The van der Waals surface area contributed by atoms with Gasteiger partial charge in [0.1, 0.15) is 0 Å². The SMILES string of the molecule is CC(C)n1cnc2c(Nc3cc(Br)cc(C#N)c3)nc(NCC3(CO)COC3)nc21. The molecule has 4 rings (SSSR count). The molecule has 0 amide bonds. The first kappa shape index (κ1) is 20.5. The van der Waals surface area contributed by atoms with E-state index < -0.39 is 0 Å². The largest absolute Gasteiger partial charge is 0.396 e. The number of nitrogens with zero attached hydrogens (tertiary/aromatic N) is 5. The van der Waals surface area contributed by atoms with E-state index in [1.165, 1.54) is 0 Å². The molecule has 0 spiro atoms. The Bertz CT molecular complexity index is 1110. The molecule has 0 atom stereocenters. The van der Waals surface area contributed by atoms with E-state index in [-0.39, 0.29) is 18.1 Å². The van der Waals surface area contributed by atoms with Crippen molar-refractivity contribution in [1.29, 1.82) is 5.26 Å². The summed E-state index contributed by atoms with van der Waals surface area (Å²) in [6, 6.07) is 7.68. The molecule has 0 saturated carbocycles. The minimum Gasteiger partial charge on any atom is -0.396 e. The number of anilines is 3. The van der Waals surface area contributed by atoms with Gasteiger partial charge in [0.05, 0.1) is 43.2 Å². The molecule has 1 fully saturated rings. The number of fused-ring (bicyclic) bond motifs is 1. The number of imidazole rings is 1. The van der Waals surface area contributed by atoms with E-state index >= 15 is 0 Å². The third-order valence-electron chi connectivity index (χ3n) is 5.04. The monoisotopic (exact) mass is 471 g/mol. The fourth-order valence-electron chi connectivity index (χ4n) is 3.23. The van der Waals surface area contributed by atoms with Crippen LogP contribution in [0.3, 0.4) is 0 Å². The maximum atomic E-state index is 9.68. The molecule has 0 unspecified atom stereocenters. The average Bonchev–Trinajstić information content (AvgIpc) is 3.11. The summed E-state index contributed by atoms with van der Waals surface area (Å²) < 4.78 is 8.03. The predicted molar refractivity (Wildman–Crippen MR) is 117 cm³/mol. The van der Waals surface area contributed by atoms with Gasteiger partial charge in [0, 0.05) is 22.7 Å². The number of ether oxygens (including phenoxy) is 1. The molecule has 156 valence electrons. The van der Waals surface area contributed by atoms with Gasteiger partial charge >= 0.3 is 0 Å². The molecular weight excluding hydrogens is 450 g/mol. The zero-order valence-corrected chi connectivity index (χ0v) is 18.3. The van der Waals surface area contributed by atoms with Gasteiger partial charge in [0.15, 0.2) is 17.0 Å². The van der Waals surface area contributed by atoms with Crippen molar-refractivity contribution < 1.29 is 9.84 Å². The molecule has 0 bridgehead atoms. The van der Waals surface area contributed by atoms with Gasteiger partial charge in [-0.3, -0.25) is 0 Å². The summed E-state index contributed by atoms with van der Waals surface area (Å²) in [5, 5.41) is 25.4. The van der Waals surface area contributed by atoms with E-state index in [0.717, 1.165) is 4.47 Å². The maximum Gasteiger partial charge on any atom is 0.226 e. The van der Waals surface area contributed by atoms with Gasteiger partial charge in [0.2, 0.25) is 5.95 Å². The van der Waals surface area contributed by atoms with E-state index in [9.17, 15) is 10.4 Å². The first-order valence-corrected chi connectivity index (χ1v) is 10.4. The Morgan fingerprint density at radius 3 is 2.77 bits per heavy atom. The molecule has 2 aromatic heterocycles. The van der Waals surface area contributed by atoms with Gasteiger partial charge < -0.3 is 25.0 Å².